The molecule has 0 aliphatic carbocycles. The Balaban J connectivity index is 2.07. The quantitative estimate of drug-likeness (QED) is 0.692. The minimum atomic E-state index is 0.802. The average Bonchev–Trinajstić information content (AvgIpc) is 2.29. The molecule has 1 saturated heterocycles. The highest BCUT2D eigenvalue weighted by atomic mass is 32.1. The molecular formula is C13H27NOS. The number of thiol groups is 1. The van der Waals surface area contributed by atoms with Crippen molar-refractivity contribution in [2.75, 3.05) is 39.1 Å². The Morgan fingerprint density at radius 1 is 1.31 bits per heavy atom. The fourth-order valence-electron chi connectivity index (χ4n) is 2.38. The van der Waals surface area contributed by atoms with Gasteiger partial charge in [0.25, 0.3) is 0 Å². The number of hydrogen-bond donors (Lipinski definition) is 1. The van der Waals surface area contributed by atoms with Gasteiger partial charge in [0.15, 0.2) is 0 Å². The molecule has 1 fully saturated rings. The van der Waals surface area contributed by atoms with E-state index in [1.165, 1.54) is 45.3 Å². The van der Waals surface area contributed by atoms with E-state index in [0.717, 1.165) is 24.2 Å². The third kappa shape index (κ3) is 5.55. The van der Waals surface area contributed by atoms with Gasteiger partial charge in [0.1, 0.15) is 0 Å². The van der Waals surface area contributed by atoms with Gasteiger partial charge in [-0.25, -0.2) is 0 Å². The van der Waals surface area contributed by atoms with Crippen LogP contribution in [0.5, 0.6) is 0 Å². The zero-order valence-electron chi connectivity index (χ0n) is 10.8. The Morgan fingerprint density at radius 3 is 2.56 bits per heavy atom. The molecular weight excluding hydrogens is 218 g/mol. The summed E-state index contributed by atoms with van der Waals surface area (Å²) in [4.78, 5) is 2.61. The van der Waals surface area contributed by atoms with E-state index in [2.05, 4.69) is 24.5 Å². The van der Waals surface area contributed by atoms with E-state index < -0.39 is 0 Å². The van der Waals surface area contributed by atoms with Gasteiger partial charge in [-0.2, -0.15) is 12.6 Å². The minimum Gasteiger partial charge on any atom is -0.384 e. The van der Waals surface area contributed by atoms with E-state index in [-0.39, 0.29) is 0 Å². The van der Waals surface area contributed by atoms with Crippen molar-refractivity contribution in [1.82, 2.24) is 4.90 Å². The highest BCUT2D eigenvalue weighted by Gasteiger charge is 2.18. The molecule has 0 amide bonds. The van der Waals surface area contributed by atoms with Crippen LogP contribution in [0, 0.1) is 11.8 Å². The van der Waals surface area contributed by atoms with Crippen molar-refractivity contribution in [3.8, 4) is 0 Å². The van der Waals surface area contributed by atoms with Crippen molar-refractivity contribution in [3.05, 3.63) is 0 Å². The molecule has 0 aromatic rings. The van der Waals surface area contributed by atoms with E-state index in [0.29, 0.717) is 0 Å². The summed E-state index contributed by atoms with van der Waals surface area (Å²) in [7, 11) is 1.81. The van der Waals surface area contributed by atoms with Crippen LogP contribution in [-0.4, -0.2) is 44.0 Å². The average molecular weight is 245 g/mol. The van der Waals surface area contributed by atoms with Crippen LogP contribution < -0.4 is 0 Å². The number of piperidine rings is 1. The summed E-state index contributed by atoms with van der Waals surface area (Å²) in [6, 6.07) is 0. The third-order valence-electron chi connectivity index (χ3n) is 3.67. The molecule has 1 rings (SSSR count). The monoisotopic (exact) mass is 245 g/mol. The fraction of sp³-hybridized carbons (Fsp3) is 1.00. The van der Waals surface area contributed by atoms with Gasteiger partial charge in [-0.3, -0.25) is 0 Å². The molecule has 2 nitrogen and oxygen atoms in total. The second-order valence-corrected chi connectivity index (χ2v) is 5.59. The van der Waals surface area contributed by atoms with Crippen molar-refractivity contribution >= 4 is 12.6 Å². The van der Waals surface area contributed by atoms with Crippen LogP contribution in [0.3, 0.4) is 0 Å². The van der Waals surface area contributed by atoms with Gasteiger partial charge in [0, 0.05) is 13.7 Å². The van der Waals surface area contributed by atoms with Crippen LogP contribution in [0.15, 0.2) is 0 Å². The third-order valence-corrected chi connectivity index (χ3v) is 3.93. The Bertz CT molecular complexity index is 169. The van der Waals surface area contributed by atoms with Crippen molar-refractivity contribution in [1.29, 1.82) is 0 Å². The molecule has 0 aromatic heterocycles. The predicted molar refractivity (Wildman–Crippen MR) is 73.3 cm³/mol. The molecule has 1 aliphatic rings. The van der Waals surface area contributed by atoms with E-state index in [4.69, 9.17) is 4.74 Å². The molecule has 0 bridgehead atoms. The van der Waals surface area contributed by atoms with Crippen LogP contribution in [-0.2, 0) is 4.74 Å². The number of hydrogen-bond acceptors (Lipinski definition) is 3. The second-order valence-electron chi connectivity index (χ2n) is 5.15. The molecule has 0 saturated carbocycles. The van der Waals surface area contributed by atoms with Crippen LogP contribution in [0.1, 0.15) is 32.6 Å². The molecule has 1 unspecified atom stereocenters. The smallest absolute Gasteiger partial charge is 0.0491 e. The maximum Gasteiger partial charge on any atom is 0.0491 e. The second kappa shape index (κ2) is 8.37. The normalized spacial score (nSPS) is 21.2. The molecule has 0 spiro atoms. The first-order chi connectivity index (χ1) is 7.76. The van der Waals surface area contributed by atoms with Crippen LogP contribution in [0.25, 0.3) is 0 Å². The van der Waals surface area contributed by atoms with Gasteiger partial charge in [-0.15, -0.1) is 0 Å². The van der Waals surface area contributed by atoms with Gasteiger partial charge >= 0.3 is 0 Å². The Hall–Kier alpha value is 0.270. The number of rotatable bonds is 7. The summed E-state index contributed by atoms with van der Waals surface area (Å²) in [6.07, 6.45) is 5.21. The molecule has 3 heteroatoms. The number of likely N-dealkylation sites (tertiary alicyclic amines) is 1. The van der Waals surface area contributed by atoms with Gasteiger partial charge < -0.3 is 9.64 Å². The van der Waals surface area contributed by atoms with Gasteiger partial charge in [-0.05, 0) is 62.9 Å². The van der Waals surface area contributed by atoms with Crippen molar-refractivity contribution < 1.29 is 4.74 Å². The highest BCUT2D eigenvalue weighted by molar-refractivity contribution is 7.80. The molecule has 16 heavy (non-hydrogen) atoms. The lowest BCUT2D eigenvalue weighted by atomic mass is 9.97. The number of methoxy groups -OCH3 is 1. The summed E-state index contributed by atoms with van der Waals surface area (Å²) in [5.41, 5.74) is 0. The van der Waals surface area contributed by atoms with Crippen molar-refractivity contribution in [2.45, 2.75) is 32.6 Å². The topological polar surface area (TPSA) is 12.5 Å². The van der Waals surface area contributed by atoms with Gasteiger partial charge in [-0.1, -0.05) is 6.92 Å². The molecule has 0 aromatic carbocycles. The van der Waals surface area contributed by atoms with Crippen LogP contribution in [0.4, 0.5) is 0 Å². The van der Waals surface area contributed by atoms with Crippen molar-refractivity contribution in [2.24, 2.45) is 11.8 Å². The summed E-state index contributed by atoms with van der Waals surface area (Å²) in [6.45, 7) is 7.09. The number of ether oxygens (including phenoxy) is 1. The van der Waals surface area contributed by atoms with Crippen molar-refractivity contribution in [3.63, 3.8) is 0 Å². The zero-order valence-corrected chi connectivity index (χ0v) is 11.7. The van der Waals surface area contributed by atoms with E-state index in [9.17, 15) is 0 Å². The highest BCUT2D eigenvalue weighted by Crippen LogP contribution is 2.18. The Labute approximate surface area is 106 Å². The summed E-state index contributed by atoms with van der Waals surface area (Å²) in [5, 5.41) is 0. The molecule has 1 atom stereocenters. The lowest BCUT2D eigenvalue weighted by Crippen LogP contribution is -2.36. The first-order valence-corrected chi connectivity index (χ1v) is 7.21. The molecule has 1 aliphatic heterocycles. The van der Waals surface area contributed by atoms with E-state index in [1.54, 1.807) is 0 Å². The van der Waals surface area contributed by atoms with Gasteiger partial charge in [0.05, 0.1) is 0 Å². The SMILES string of the molecule is COCC1CCN(CCC(C)CCS)CC1. The first kappa shape index (κ1) is 14.3. The zero-order chi connectivity index (χ0) is 11.8. The van der Waals surface area contributed by atoms with Gasteiger partial charge in [0.2, 0.25) is 0 Å². The maximum atomic E-state index is 5.22. The lowest BCUT2D eigenvalue weighted by molar-refractivity contribution is 0.0973. The predicted octanol–water partition coefficient (Wildman–Crippen LogP) is 2.69. The lowest BCUT2D eigenvalue weighted by Gasteiger charge is -2.32. The van der Waals surface area contributed by atoms with E-state index >= 15 is 0 Å². The van der Waals surface area contributed by atoms with Crippen LogP contribution in [0.2, 0.25) is 0 Å². The Morgan fingerprint density at radius 2 is 2.00 bits per heavy atom. The largest absolute Gasteiger partial charge is 0.384 e. The standard InChI is InChI=1S/C13H27NOS/c1-12(6-10-16)3-7-14-8-4-13(5-9-14)11-15-2/h12-13,16H,3-11H2,1-2H3. The summed E-state index contributed by atoms with van der Waals surface area (Å²) >= 11 is 4.29. The minimum absolute atomic E-state index is 0.802. The molecule has 96 valence electrons. The fourth-order valence-corrected chi connectivity index (χ4v) is 2.82. The molecule has 0 N–H and O–H groups in total. The molecule has 0 radical (unpaired) electrons. The molecule has 1 heterocycles. The maximum absolute atomic E-state index is 5.22. The van der Waals surface area contributed by atoms with Crippen LogP contribution >= 0.6 is 12.6 Å². The number of nitrogens with zero attached hydrogens (tertiary/aromatic N) is 1. The Kier molecular flexibility index (Phi) is 7.50. The summed E-state index contributed by atoms with van der Waals surface area (Å²) < 4.78 is 5.22. The summed E-state index contributed by atoms with van der Waals surface area (Å²) in [5.74, 6) is 2.65. The first-order valence-electron chi connectivity index (χ1n) is 6.58. The van der Waals surface area contributed by atoms with E-state index in [1.807, 2.05) is 7.11 Å².